The van der Waals surface area contributed by atoms with Gasteiger partial charge in [0.2, 0.25) is 0 Å². The van der Waals surface area contributed by atoms with Crippen molar-refractivity contribution in [2.75, 3.05) is 0 Å². The second-order valence-electron chi connectivity index (χ2n) is 10.9. The number of rotatable bonds is 6. The van der Waals surface area contributed by atoms with Crippen molar-refractivity contribution < 1.29 is 18.6 Å². The van der Waals surface area contributed by atoms with Crippen molar-refractivity contribution in [2.45, 2.75) is 110 Å². The first kappa shape index (κ1) is 23.8. The van der Waals surface area contributed by atoms with E-state index in [0.717, 1.165) is 11.2 Å². The minimum Gasteiger partial charge on any atom is -0.399 e. The van der Waals surface area contributed by atoms with E-state index in [1.165, 1.54) is 39.0 Å². The van der Waals surface area contributed by atoms with Gasteiger partial charge in [-0.25, -0.2) is 0 Å². The summed E-state index contributed by atoms with van der Waals surface area (Å²) in [5.41, 5.74) is 0.0762. The molecule has 4 nitrogen and oxygen atoms in total. The van der Waals surface area contributed by atoms with E-state index >= 15 is 0 Å². The second-order valence-corrected chi connectivity index (χ2v) is 13.1. The lowest BCUT2D eigenvalue weighted by Crippen LogP contribution is -2.41. The Morgan fingerprint density at radius 3 is 1.77 bits per heavy atom. The van der Waals surface area contributed by atoms with Crippen LogP contribution in [0.1, 0.15) is 87.1 Å². The lowest BCUT2D eigenvalue weighted by molar-refractivity contribution is 0.00578. The molecule has 31 heavy (non-hydrogen) atoms. The fourth-order valence-electron chi connectivity index (χ4n) is 3.97. The maximum Gasteiger partial charge on any atom is 0.505 e. The summed E-state index contributed by atoms with van der Waals surface area (Å²) in [5.74, 6) is 0. The molecule has 0 N–H and O–H groups in total. The smallest absolute Gasteiger partial charge is 0.399 e. The molecule has 0 amide bonds. The van der Waals surface area contributed by atoms with Crippen LogP contribution in [0.5, 0.6) is 0 Å². The van der Waals surface area contributed by atoms with Crippen molar-refractivity contribution in [3.63, 3.8) is 0 Å². The fourth-order valence-corrected chi connectivity index (χ4v) is 6.62. The average Bonchev–Trinajstić information content (AvgIpc) is 3.29. The molecule has 4 rings (SSSR count). The highest BCUT2D eigenvalue weighted by molar-refractivity contribution is 7.36. The quantitative estimate of drug-likeness (QED) is 0.432. The Morgan fingerprint density at radius 2 is 1.26 bits per heavy atom. The minimum atomic E-state index is -0.330. The summed E-state index contributed by atoms with van der Waals surface area (Å²) < 4.78 is 30.5. The molecule has 2 aliphatic heterocycles. The van der Waals surface area contributed by atoms with Gasteiger partial charge in [0.1, 0.15) is 0 Å². The van der Waals surface area contributed by atoms with Crippen molar-refractivity contribution in [1.82, 2.24) is 0 Å². The predicted molar refractivity (Wildman–Crippen MR) is 134 cm³/mol. The van der Waals surface area contributed by atoms with Crippen LogP contribution in [-0.2, 0) is 25.0 Å². The van der Waals surface area contributed by atoms with Gasteiger partial charge >= 0.3 is 14.2 Å². The van der Waals surface area contributed by atoms with Crippen molar-refractivity contribution in [3.8, 4) is 0 Å². The Morgan fingerprint density at radius 1 is 0.742 bits per heavy atom. The monoisotopic (exact) mass is 462 g/mol. The van der Waals surface area contributed by atoms with Crippen molar-refractivity contribution in [3.05, 3.63) is 11.6 Å². The molecular weight excluding hydrogens is 426 g/mol. The highest BCUT2D eigenvalue weighted by Crippen LogP contribution is 2.41. The van der Waals surface area contributed by atoms with Crippen LogP contribution in [0.4, 0.5) is 0 Å². The molecule has 4 heterocycles. The Bertz CT molecular complexity index is 928. The van der Waals surface area contributed by atoms with Crippen LogP contribution in [0.25, 0.3) is 9.40 Å². The van der Waals surface area contributed by atoms with Crippen LogP contribution in [-0.4, -0.2) is 36.6 Å². The summed E-state index contributed by atoms with van der Waals surface area (Å²) in [6.07, 6.45) is 4.67. The topological polar surface area (TPSA) is 36.9 Å². The number of unbranched alkanes of at least 4 members (excludes halogenated alkanes) is 2. The van der Waals surface area contributed by atoms with E-state index in [1.54, 1.807) is 0 Å². The lowest BCUT2D eigenvalue weighted by atomic mass is 9.83. The molecule has 0 aromatic carbocycles. The van der Waals surface area contributed by atoms with Crippen LogP contribution in [0.15, 0.2) is 6.07 Å². The fraction of sp³-hybridized carbons (Fsp3) is 0.739. The van der Waals surface area contributed by atoms with E-state index in [1.807, 2.05) is 22.7 Å². The SMILES string of the molecule is CCCCCc1c(B2OC(C)(C)C(C)(C)O2)sc2cc(B3OC(C)(C)C(C)(C)O3)sc12. The molecule has 2 aromatic rings. The Hall–Kier alpha value is -0.370. The third-order valence-corrected chi connectivity index (χ3v) is 10.0. The van der Waals surface area contributed by atoms with Crippen molar-refractivity contribution in [1.29, 1.82) is 0 Å². The van der Waals surface area contributed by atoms with Gasteiger partial charge in [0.25, 0.3) is 0 Å². The first-order valence-electron chi connectivity index (χ1n) is 11.5. The van der Waals surface area contributed by atoms with E-state index in [-0.39, 0.29) is 36.6 Å². The zero-order valence-electron chi connectivity index (χ0n) is 20.5. The lowest BCUT2D eigenvalue weighted by Gasteiger charge is -2.32. The number of hydrogen-bond acceptors (Lipinski definition) is 6. The zero-order chi connectivity index (χ0) is 22.8. The molecule has 2 aliphatic rings. The molecule has 0 aliphatic carbocycles. The number of aryl methyl sites for hydroxylation is 1. The number of fused-ring (bicyclic) bond motifs is 1. The molecule has 2 fully saturated rings. The summed E-state index contributed by atoms with van der Waals surface area (Å²) in [7, 11) is -0.607. The molecule has 0 atom stereocenters. The Labute approximate surface area is 196 Å². The summed E-state index contributed by atoms with van der Waals surface area (Å²) in [5, 5.41) is 0. The van der Waals surface area contributed by atoms with Gasteiger partial charge in [0.15, 0.2) is 0 Å². The Kier molecular flexibility index (Phi) is 6.02. The zero-order valence-corrected chi connectivity index (χ0v) is 22.1. The normalized spacial score (nSPS) is 23.9. The third-order valence-electron chi connectivity index (χ3n) is 7.49. The van der Waals surface area contributed by atoms with E-state index in [9.17, 15) is 0 Å². The molecule has 170 valence electrons. The van der Waals surface area contributed by atoms with Crippen LogP contribution < -0.4 is 9.55 Å². The molecule has 8 heteroatoms. The third kappa shape index (κ3) is 4.06. The number of thiophene rings is 2. The van der Waals surface area contributed by atoms with Gasteiger partial charge in [-0.15, -0.1) is 22.7 Å². The molecule has 0 unspecified atom stereocenters. The maximum absolute atomic E-state index is 6.42. The molecule has 0 radical (unpaired) electrons. The van der Waals surface area contributed by atoms with Gasteiger partial charge in [0.05, 0.1) is 22.4 Å². The molecule has 2 aromatic heterocycles. The van der Waals surface area contributed by atoms with Gasteiger partial charge in [-0.1, -0.05) is 19.8 Å². The first-order valence-corrected chi connectivity index (χ1v) is 13.2. The Balaban J connectivity index is 1.69. The van der Waals surface area contributed by atoms with Gasteiger partial charge in [-0.3, -0.25) is 0 Å². The maximum atomic E-state index is 6.42. The van der Waals surface area contributed by atoms with Crippen LogP contribution >= 0.6 is 22.7 Å². The van der Waals surface area contributed by atoms with E-state index in [0.29, 0.717) is 0 Å². The summed E-state index contributed by atoms with van der Waals surface area (Å²) in [6, 6.07) is 2.25. The van der Waals surface area contributed by atoms with Crippen LogP contribution in [0, 0.1) is 0 Å². The van der Waals surface area contributed by atoms with E-state index in [2.05, 4.69) is 68.4 Å². The standard InChI is InChI=1S/C23H36B2O4S2/c1-10-11-12-13-15-18-16(30-19(15)25-28-22(6,7)23(8,9)29-25)14-17(31-18)24-26-20(2,3)21(4,5)27-24/h14H,10-13H2,1-9H3. The first-order chi connectivity index (χ1) is 14.3. The predicted octanol–water partition coefficient (Wildman–Crippen LogP) is 5.29. The molecule has 0 spiro atoms. The largest absolute Gasteiger partial charge is 0.505 e. The van der Waals surface area contributed by atoms with Crippen molar-refractivity contribution in [2.24, 2.45) is 0 Å². The summed E-state index contributed by atoms with van der Waals surface area (Å²) in [4.78, 5) is 0. The van der Waals surface area contributed by atoms with Gasteiger partial charge in [0, 0.05) is 19.0 Å². The van der Waals surface area contributed by atoms with Gasteiger partial charge in [-0.2, -0.15) is 0 Å². The summed E-state index contributed by atoms with van der Waals surface area (Å²) in [6.45, 7) is 19.2. The van der Waals surface area contributed by atoms with Gasteiger partial charge in [-0.05, 0) is 79.9 Å². The highest BCUT2D eigenvalue weighted by Gasteiger charge is 2.54. The van der Waals surface area contributed by atoms with E-state index < -0.39 is 0 Å². The van der Waals surface area contributed by atoms with Crippen molar-refractivity contribution >= 4 is 55.9 Å². The molecule has 0 saturated carbocycles. The van der Waals surface area contributed by atoms with Gasteiger partial charge < -0.3 is 18.6 Å². The highest BCUT2D eigenvalue weighted by atomic mass is 32.1. The molecular formula is C23H36B2O4S2. The second kappa shape index (κ2) is 7.85. The average molecular weight is 462 g/mol. The summed E-state index contributed by atoms with van der Waals surface area (Å²) >= 11 is 3.62. The molecule has 0 bridgehead atoms. The molecule has 2 saturated heterocycles. The van der Waals surface area contributed by atoms with Crippen LogP contribution in [0.3, 0.4) is 0 Å². The minimum absolute atomic E-state index is 0.300. The number of hydrogen-bond donors (Lipinski definition) is 0. The van der Waals surface area contributed by atoms with Crippen LogP contribution in [0.2, 0.25) is 0 Å². The van der Waals surface area contributed by atoms with E-state index in [4.69, 9.17) is 18.6 Å².